The van der Waals surface area contributed by atoms with Gasteiger partial charge < -0.3 is 15.0 Å². The van der Waals surface area contributed by atoms with E-state index in [4.69, 9.17) is 4.74 Å². The molecule has 120 valence electrons. The van der Waals surface area contributed by atoms with Crippen molar-refractivity contribution in [1.29, 1.82) is 0 Å². The molecule has 0 saturated heterocycles. The molecule has 0 aliphatic carbocycles. The molecular weight excluding hydrogens is 292 g/mol. The number of carbonyl (C=O) groups excluding carboxylic acids is 1. The first kappa shape index (κ1) is 15.1. The van der Waals surface area contributed by atoms with Crippen LogP contribution in [0.25, 0.3) is 10.9 Å². The summed E-state index contributed by atoms with van der Waals surface area (Å²) in [7, 11) is 1.65. The average Bonchev–Trinajstić information content (AvgIpc) is 3.21. The first-order chi connectivity index (χ1) is 11.2. The van der Waals surface area contributed by atoms with Gasteiger partial charge in [0.2, 0.25) is 5.91 Å². The van der Waals surface area contributed by atoms with Crippen LogP contribution in [-0.2, 0) is 17.9 Å². The molecule has 23 heavy (non-hydrogen) atoms. The van der Waals surface area contributed by atoms with Crippen molar-refractivity contribution in [3.63, 3.8) is 0 Å². The van der Waals surface area contributed by atoms with Gasteiger partial charge in [-0.3, -0.25) is 9.48 Å². The van der Waals surface area contributed by atoms with Gasteiger partial charge in [0, 0.05) is 42.0 Å². The number of hydrogen-bond acceptors (Lipinski definition) is 3. The Labute approximate surface area is 134 Å². The second-order valence-electron chi connectivity index (χ2n) is 5.40. The fourth-order valence-corrected chi connectivity index (χ4v) is 2.51. The molecule has 0 saturated carbocycles. The highest BCUT2D eigenvalue weighted by Crippen LogP contribution is 2.21. The Balaban J connectivity index is 1.48. The maximum absolute atomic E-state index is 11.9. The first-order valence-corrected chi connectivity index (χ1v) is 7.64. The third-order valence-electron chi connectivity index (χ3n) is 3.71. The lowest BCUT2D eigenvalue weighted by Crippen LogP contribution is -2.23. The van der Waals surface area contributed by atoms with Crippen LogP contribution in [0.3, 0.4) is 0 Å². The number of aryl methyl sites for hydroxylation is 1. The van der Waals surface area contributed by atoms with Gasteiger partial charge >= 0.3 is 0 Å². The van der Waals surface area contributed by atoms with Crippen LogP contribution in [0, 0.1) is 0 Å². The van der Waals surface area contributed by atoms with Crippen molar-refractivity contribution >= 4 is 16.8 Å². The lowest BCUT2D eigenvalue weighted by atomic mass is 10.2. The minimum absolute atomic E-state index is 0.0494. The van der Waals surface area contributed by atoms with E-state index in [1.807, 2.05) is 41.2 Å². The molecule has 0 aliphatic rings. The zero-order valence-corrected chi connectivity index (χ0v) is 13.1. The predicted octanol–water partition coefficient (Wildman–Crippen LogP) is 2.47. The molecule has 6 heteroatoms. The Morgan fingerprint density at radius 3 is 3.09 bits per heavy atom. The first-order valence-electron chi connectivity index (χ1n) is 7.64. The maximum Gasteiger partial charge on any atom is 0.220 e. The van der Waals surface area contributed by atoms with Gasteiger partial charge in [-0.25, -0.2) is 0 Å². The summed E-state index contributed by atoms with van der Waals surface area (Å²) in [5, 5.41) is 8.13. The number of benzene rings is 1. The molecule has 2 N–H and O–H groups in total. The summed E-state index contributed by atoms with van der Waals surface area (Å²) in [4.78, 5) is 15.2. The smallest absolute Gasteiger partial charge is 0.220 e. The normalized spacial score (nSPS) is 10.8. The zero-order chi connectivity index (χ0) is 16.1. The van der Waals surface area contributed by atoms with Gasteiger partial charge in [0.05, 0.1) is 13.7 Å². The van der Waals surface area contributed by atoms with E-state index in [2.05, 4.69) is 15.4 Å². The van der Waals surface area contributed by atoms with Crippen LogP contribution in [-0.4, -0.2) is 27.8 Å². The number of aromatic nitrogens is 3. The van der Waals surface area contributed by atoms with E-state index in [1.54, 1.807) is 13.3 Å². The predicted molar refractivity (Wildman–Crippen MR) is 88.2 cm³/mol. The van der Waals surface area contributed by atoms with Crippen molar-refractivity contribution in [1.82, 2.24) is 20.1 Å². The maximum atomic E-state index is 11.9. The van der Waals surface area contributed by atoms with Crippen molar-refractivity contribution in [2.45, 2.75) is 25.9 Å². The fourth-order valence-electron chi connectivity index (χ4n) is 2.51. The van der Waals surface area contributed by atoms with Crippen molar-refractivity contribution in [2.24, 2.45) is 0 Å². The topological polar surface area (TPSA) is 71.9 Å². The quantitative estimate of drug-likeness (QED) is 0.704. The molecule has 3 rings (SSSR count). The van der Waals surface area contributed by atoms with Crippen molar-refractivity contribution < 1.29 is 9.53 Å². The minimum Gasteiger partial charge on any atom is -0.497 e. The van der Waals surface area contributed by atoms with Gasteiger partial charge in [0.25, 0.3) is 0 Å². The van der Waals surface area contributed by atoms with E-state index in [0.29, 0.717) is 13.0 Å². The van der Waals surface area contributed by atoms with Gasteiger partial charge in [-0.15, -0.1) is 0 Å². The summed E-state index contributed by atoms with van der Waals surface area (Å²) in [5.41, 5.74) is 2.02. The summed E-state index contributed by atoms with van der Waals surface area (Å²) in [6, 6.07) is 9.77. The van der Waals surface area contributed by atoms with Crippen molar-refractivity contribution in [3.05, 3.63) is 48.4 Å². The monoisotopic (exact) mass is 312 g/mol. The highest BCUT2D eigenvalue weighted by atomic mass is 16.5. The van der Waals surface area contributed by atoms with Crippen LogP contribution < -0.4 is 10.1 Å². The van der Waals surface area contributed by atoms with Gasteiger partial charge in [-0.1, -0.05) is 0 Å². The Kier molecular flexibility index (Phi) is 4.61. The van der Waals surface area contributed by atoms with Gasteiger partial charge in [-0.2, -0.15) is 5.10 Å². The molecular formula is C17H20N4O2. The van der Waals surface area contributed by atoms with Crippen molar-refractivity contribution in [3.8, 4) is 5.75 Å². The number of H-pyrrole nitrogens is 1. The van der Waals surface area contributed by atoms with Crippen LogP contribution in [0.5, 0.6) is 5.75 Å². The highest BCUT2D eigenvalue weighted by molar-refractivity contribution is 5.82. The van der Waals surface area contributed by atoms with Crippen molar-refractivity contribution in [2.75, 3.05) is 7.11 Å². The second kappa shape index (κ2) is 7.00. The van der Waals surface area contributed by atoms with E-state index in [9.17, 15) is 4.79 Å². The highest BCUT2D eigenvalue weighted by Gasteiger charge is 2.05. The molecule has 2 heterocycles. The number of hydrogen-bond donors (Lipinski definition) is 2. The molecule has 0 atom stereocenters. The molecule has 0 fully saturated rings. The Morgan fingerprint density at radius 1 is 1.39 bits per heavy atom. The number of methoxy groups -OCH3 is 1. The lowest BCUT2D eigenvalue weighted by molar-refractivity contribution is -0.121. The number of nitrogens with zero attached hydrogens (tertiary/aromatic N) is 2. The summed E-state index contributed by atoms with van der Waals surface area (Å²) < 4.78 is 7.05. The third kappa shape index (κ3) is 3.91. The molecule has 0 bridgehead atoms. The minimum atomic E-state index is 0.0494. The average molecular weight is 312 g/mol. The lowest BCUT2D eigenvalue weighted by Gasteiger charge is -2.04. The van der Waals surface area contributed by atoms with Crippen LogP contribution >= 0.6 is 0 Å². The number of nitrogens with one attached hydrogen (secondary N) is 2. The Morgan fingerprint density at radius 2 is 2.30 bits per heavy atom. The number of aromatic amines is 1. The van der Waals surface area contributed by atoms with E-state index in [0.717, 1.165) is 35.3 Å². The number of amides is 1. The van der Waals surface area contributed by atoms with Crippen LogP contribution in [0.2, 0.25) is 0 Å². The van der Waals surface area contributed by atoms with E-state index in [-0.39, 0.29) is 5.91 Å². The summed E-state index contributed by atoms with van der Waals surface area (Å²) in [6.45, 7) is 1.25. The zero-order valence-electron chi connectivity index (χ0n) is 13.1. The van der Waals surface area contributed by atoms with Gasteiger partial charge in [-0.05, 0) is 36.8 Å². The van der Waals surface area contributed by atoms with E-state index < -0.39 is 0 Å². The van der Waals surface area contributed by atoms with Gasteiger partial charge in [0.15, 0.2) is 0 Å². The summed E-state index contributed by atoms with van der Waals surface area (Å²) >= 11 is 0. The fraction of sp³-hybridized carbons (Fsp3) is 0.294. The summed E-state index contributed by atoms with van der Waals surface area (Å²) in [6.07, 6.45) is 4.91. The molecule has 0 radical (unpaired) electrons. The number of carbonyl (C=O) groups is 1. The van der Waals surface area contributed by atoms with E-state index >= 15 is 0 Å². The number of fused-ring (bicyclic) bond motifs is 1. The van der Waals surface area contributed by atoms with Crippen LogP contribution in [0.15, 0.2) is 42.7 Å². The third-order valence-corrected chi connectivity index (χ3v) is 3.71. The molecule has 6 nitrogen and oxygen atoms in total. The number of rotatable bonds is 7. The standard InChI is InChI=1S/C17H20N4O2/c1-23-15-5-6-16-13(11-15)10-14(20-16)12-18-17(22)4-2-8-21-9-3-7-19-21/h3,5-7,9-11,20H,2,4,8,12H2,1H3,(H,18,22). The molecule has 0 aliphatic heterocycles. The Hall–Kier alpha value is -2.76. The molecule has 2 aromatic heterocycles. The van der Waals surface area contributed by atoms with Crippen LogP contribution in [0.1, 0.15) is 18.5 Å². The molecule has 1 aromatic carbocycles. The van der Waals surface area contributed by atoms with E-state index in [1.165, 1.54) is 0 Å². The largest absolute Gasteiger partial charge is 0.497 e. The summed E-state index contributed by atoms with van der Waals surface area (Å²) in [5.74, 6) is 0.874. The molecule has 3 aromatic rings. The SMILES string of the molecule is COc1ccc2[nH]c(CNC(=O)CCCn3cccn3)cc2c1. The second-order valence-corrected chi connectivity index (χ2v) is 5.40. The Bertz CT molecular complexity index is 777. The number of ether oxygens (including phenoxy) is 1. The molecule has 0 spiro atoms. The van der Waals surface area contributed by atoms with Gasteiger partial charge in [0.1, 0.15) is 5.75 Å². The molecule has 0 unspecified atom stereocenters. The molecule has 1 amide bonds. The van der Waals surface area contributed by atoms with Crippen LogP contribution in [0.4, 0.5) is 0 Å².